The highest BCUT2D eigenvalue weighted by atomic mass is 16.6. The highest BCUT2D eigenvalue weighted by Gasteiger charge is 2.24. The van der Waals surface area contributed by atoms with E-state index in [-0.39, 0.29) is 19.3 Å². The number of benzene rings is 1. The van der Waals surface area contributed by atoms with Crippen molar-refractivity contribution < 1.29 is 38.6 Å². The molecule has 2 atom stereocenters. The van der Waals surface area contributed by atoms with Gasteiger partial charge < -0.3 is 38.6 Å². The predicted molar refractivity (Wildman–Crippen MR) is 97.0 cm³/mol. The van der Waals surface area contributed by atoms with Gasteiger partial charge in [0.05, 0.1) is 66.1 Å². The van der Waals surface area contributed by atoms with Gasteiger partial charge in [-0.05, 0) is 6.07 Å². The van der Waals surface area contributed by atoms with Crippen molar-refractivity contribution in [1.82, 2.24) is 0 Å². The first-order chi connectivity index (χ1) is 13.3. The van der Waals surface area contributed by atoms with Crippen molar-refractivity contribution in [2.45, 2.75) is 12.2 Å². The Morgan fingerprint density at radius 3 is 2.19 bits per heavy atom. The summed E-state index contributed by atoms with van der Waals surface area (Å²) in [5.41, 5.74) is 0.812. The van der Waals surface area contributed by atoms with Gasteiger partial charge in [0, 0.05) is 5.56 Å². The number of epoxide rings is 1. The fourth-order valence-corrected chi connectivity index (χ4v) is 2.32. The topological polar surface area (TPSA) is 99.1 Å². The van der Waals surface area contributed by atoms with Gasteiger partial charge in [0.2, 0.25) is 0 Å². The van der Waals surface area contributed by atoms with Crippen LogP contribution in [0.5, 0.6) is 5.75 Å². The van der Waals surface area contributed by atoms with Crippen molar-refractivity contribution in [3.05, 3.63) is 29.8 Å². The Kier molecular flexibility index (Phi) is 11.3. The van der Waals surface area contributed by atoms with Gasteiger partial charge in [0.1, 0.15) is 24.6 Å². The molecule has 1 aromatic carbocycles. The molecule has 154 valence electrons. The fraction of sp³-hybridized carbons (Fsp3) is 0.684. The summed E-state index contributed by atoms with van der Waals surface area (Å²) >= 11 is 0. The molecule has 0 amide bonds. The molecule has 0 aromatic heterocycles. The molecule has 2 rings (SSSR count). The number of aliphatic hydroxyl groups excluding tert-OH is 2. The van der Waals surface area contributed by atoms with E-state index >= 15 is 0 Å². The van der Waals surface area contributed by atoms with Gasteiger partial charge in [-0.2, -0.15) is 0 Å². The van der Waals surface area contributed by atoms with Crippen molar-refractivity contribution in [3.63, 3.8) is 0 Å². The number of rotatable bonds is 17. The van der Waals surface area contributed by atoms with Gasteiger partial charge >= 0.3 is 0 Å². The number of ether oxygens (including phenoxy) is 6. The molecular formula is C19H30O8. The zero-order valence-electron chi connectivity index (χ0n) is 15.6. The quantitative estimate of drug-likeness (QED) is 0.296. The van der Waals surface area contributed by atoms with Crippen molar-refractivity contribution in [1.29, 1.82) is 0 Å². The first kappa shape index (κ1) is 22.0. The first-order valence-electron chi connectivity index (χ1n) is 9.25. The Labute approximate surface area is 159 Å². The van der Waals surface area contributed by atoms with Gasteiger partial charge in [0.25, 0.3) is 0 Å². The minimum atomic E-state index is -0.468. The van der Waals surface area contributed by atoms with Crippen molar-refractivity contribution in [2.75, 3.05) is 72.7 Å². The van der Waals surface area contributed by atoms with E-state index in [1.54, 1.807) is 0 Å². The van der Waals surface area contributed by atoms with Crippen LogP contribution in [-0.4, -0.2) is 89.0 Å². The summed E-state index contributed by atoms with van der Waals surface area (Å²) in [5.74, 6) is 0.699. The molecule has 1 aliphatic heterocycles. The number of hydrogen-bond acceptors (Lipinski definition) is 8. The summed E-state index contributed by atoms with van der Waals surface area (Å²) in [6.07, 6.45) is -0.298. The van der Waals surface area contributed by atoms with Crippen LogP contribution in [0.2, 0.25) is 0 Å². The second-order valence-corrected chi connectivity index (χ2v) is 5.91. The first-order valence-corrected chi connectivity index (χ1v) is 9.25. The van der Waals surface area contributed by atoms with E-state index in [2.05, 4.69) is 0 Å². The molecule has 1 fully saturated rings. The molecule has 1 saturated heterocycles. The smallest absolute Gasteiger partial charge is 0.125 e. The summed E-state index contributed by atoms with van der Waals surface area (Å²) < 4.78 is 32.5. The highest BCUT2D eigenvalue weighted by molar-refractivity contribution is 5.35. The third-order valence-corrected chi connectivity index (χ3v) is 3.79. The summed E-state index contributed by atoms with van der Waals surface area (Å²) in [4.78, 5) is 0. The third kappa shape index (κ3) is 9.48. The molecule has 0 spiro atoms. The lowest BCUT2D eigenvalue weighted by Gasteiger charge is -2.19. The summed E-state index contributed by atoms with van der Waals surface area (Å²) in [6.45, 7) is 4.03. The predicted octanol–water partition coefficient (Wildman–Crippen LogP) is 0.556. The maximum absolute atomic E-state index is 9.66. The van der Waals surface area contributed by atoms with E-state index in [4.69, 9.17) is 33.5 Å². The second kappa shape index (κ2) is 13.8. The maximum atomic E-state index is 9.66. The van der Waals surface area contributed by atoms with Crippen LogP contribution in [0.1, 0.15) is 11.7 Å². The van der Waals surface area contributed by atoms with Gasteiger partial charge in [-0.25, -0.2) is 0 Å². The average Bonchev–Trinajstić information content (AvgIpc) is 3.52. The van der Waals surface area contributed by atoms with Crippen molar-refractivity contribution >= 4 is 0 Å². The Balaban J connectivity index is 1.57. The molecule has 2 N–H and O–H groups in total. The SMILES string of the molecule is OCCOCCOCCOCCOC(CO)c1ccccc1OCC1CO1. The van der Waals surface area contributed by atoms with E-state index in [9.17, 15) is 5.11 Å². The molecule has 0 saturated carbocycles. The van der Waals surface area contributed by atoms with Crippen LogP contribution >= 0.6 is 0 Å². The maximum Gasteiger partial charge on any atom is 0.125 e. The van der Waals surface area contributed by atoms with E-state index in [1.807, 2.05) is 24.3 Å². The minimum Gasteiger partial charge on any atom is -0.490 e. The zero-order valence-corrected chi connectivity index (χ0v) is 15.6. The highest BCUT2D eigenvalue weighted by Crippen LogP contribution is 2.28. The molecule has 8 heteroatoms. The number of para-hydroxylation sites is 1. The van der Waals surface area contributed by atoms with Crippen LogP contribution < -0.4 is 4.74 Å². The van der Waals surface area contributed by atoms with Gasteiger partial charge in [-0.1, -0.05) is 18.2 Å². The number of hydrogen-bond donors (Lipinski definition) is 2. The lowest BCUT2D eigenvalue weighted by molar-refractivity contribution is -0.0349. The van der Waals surface area contributed by atoms with E-state index in [1.165, 1.54) is 0 Å². The van der Waals surface area contributed by atoms with E-state index in [0.717, 1.165) is 12.2 Å². The van der Waals surface area contributed by atoms with Crippen molar-refractivity contribution in [2.24, 2.45) is 0 Å². The van der Waals surface area contributed by atoms with E-state index in [0.29, 0.717) is 58.6 Å². The Morgan fingerprint density at radius 1 is 0.926 bits per heavy atom. The monoisotopic (exact) mass is 386 g/mol. The molecule has 0 radical (unpaired) electrons. The standard InChI is InChI=1S/C19H30O8/c20-5-6-22-7-8-23-9-10-24-11-12-25-19(13-21)17-3-1-2-4-18(17)27-15-16-14-26-16/h1-4,16,19-21H,5-15H2. The van der Waals surface area contributed by atoms with E-state index < -0.39 is 6.10 Å². The Bertz CT molecular complexity index is 494. The molecule has 0 bridgehead atoms. The lowest BCUT2D eigenvalue weighted by atomic mass is 10.1. The molecule has 0 aliphatic carbocycles. The van der Waals surface area contributed by atoms with Gasteiger partial charge in [0.15, 0.2) is 0 Å². The normalized spacial score (nSPS) is 17.0. The van der Waals surface area contributed by atoms with Gasteiger partial charge in [-0.15, -0.1) is 0 Å². The Morgan fingerprint density at radius 2 is 1.56 bits per heavy atom. The average molecular weight is 386 g/mol. The van der Waals surface area contributed by atoms with Crippen LogP contribution in [0.15, 0.2) is 24.3 Å². The molecule has 8 nitrogen and oxygen atoms in total. The van der Waals surface area contributed by atoms with Crippen LogP contribution in [-0.2, 0) is 23.7 Å². The van der Waals surface area contributed by atoms with Crippen molar-refractivity contribution in [3.8, 4) is 5.75 Å². The Hall–Kier alpha value is -1.26. The molecule has 27 heavy (non-hydrogen) atoms. The van der Waals surface area contributed by atoms with Crippen LogP contribution in [0.3, 0.4) is 0 Å². The van der Waals surface area contributed by atoms with Crippen LogP contribution in [0, 0.1) is 0 Å². The molecule has 1 aliphatic rings. The minimum absolute atomic E-state index is 0.0173. The second-order valence-electron chi connectivity index (χ2n) is 5.91. The number of aliphatic hydroxyl groups is 2. The molecule has 1 aromatic rings. The van der Waals surface area contributed by atoms with Gasteiger partial charge in [-0.3, -0.25) is 0 Å². The summed E-state index contributed by atoms with van der Waals surface area (Å²) in [6, 6.07) is 7.53. The summed E-state index contributed by atoms with van der Waals surface area (Å²) in [5, 5.41) is 18.2. The van der Waals surface area contributed by atoms with Crippen LogP contribution in [0.25, 0.3) is 0 Å². The summed E-state index contributed by atoms with van der Waals surface area (Å²) in [7, 11) is 0. The molecular weight excluding hydrogens is 356 g/mol. The van der Waals surface area contributed by atoms with Crippen LogP contribution in [0.4, 0.5) is 0 Å². The zero-order chi connectivity index (χ0) is 19.2. The largest absolute Gasteiger partial charge is 0.490 e. The molecule has 2 unspecified atom stereocenters. The fourth-order valence-electron chi connectivity index (χ4n) is 2.32. The third-order valence-electron chi connectivity index (χ3n) is 3.79. The molecule has 1 heterocycles. The lowest BCUT2D eigenvalue weighted by Crippen LogP contribution is -2.16.